The van der Waals surface area contributed by atoms with Gasteiger partial charge in [0.05, 0.1) is 10.7 Å². The second-order valence-corrected chi connectivity index (χ2v) is 5.94. The first-order valence-corrected chi connectivity index (χ1v) is 7.77. The fourth-order valence-corrected chi connectivity index (χ4v) is 2.69. The Labute approximate surface area is 110 Å². The van der Waals surface area contributed by atoms with Gasteiger partial charge in [-0.3, -0.25) is 0 Å². The highest BCUT2D eigenvalue weighted by Gasteiger charge is 2.06. The van der Waals surface area contributed by atoms with Crippen LogP contribution in [0, 0.1) is 6.92 Å². The van der Waals surface area contributed by atoms with E-state index in [1.54, 1.807) is 11.3 Å². The molecule has 0 saturated heterocycles. The van der Waals surface area contributed by atoms with Gasteiger partial charge in [0, 0.05) is 17.8 Å². The van der Waals surface area contributed by atoms with Crippen molar-refractivity contribution < 1.29 is 0 Å². The van der Waals surface area contributed by atoms with Crippen molar-refractivity contribution in [3.8, 4) is 0 Å². The Bertz CT molecular complexity index is 296. The highest BCUT2D eigenvalue weighted by molar-refractivity contribution is 7.09. The summed E-state index contributed by atoms with van der Waals surface area (Å²) in [6, 6.07) is 0.294. The van der Waals surface area contributed by atoms with Gasteiger partial charge in [-0.1, -0.05) is 45.4 Å². The second-order valence-electron chi connectivity index (χ2n) is 4.88. The first kappa shape index (κ1) is 14.7. The third kappa shape index (κ3) is 6.79. The van der Waals surface area contributed by atoms with Crippen LogP contribution < -0.4 is 5.73 Å². The third-order valence-electron chi connectivity index (χ3n) is 3.07. The van der Waals surface area contributed by atoms with E-state index in [9.17, 15) is 0 Å². The molecule has 0 aromatic carbocycles. The highest BCUT2D eigenvalue weighted by Crippen LogP contribution is 2.13. The highest BCUT2D eigenvalue weighted by atomic mass is 32.1. The Balaban J connectivity index is 2.03. The minimum absolute atomic E-state index is 0.294. The number of nitrogens with zero attached hydrogens (tertiary/aromatic N) is 1. The molecule has 0 bridgehead atoms. The van der Waals surface area contributed by atoms with Crippen LogP contribution in [0.4, 0.5) is 0 Å². The molecule has 0 fully saturated rings. The van der Waals surface area contributed by atoms with Crippen molar-refractivity contribution in [3.05, 3.63) is 16.1 Å². The molecule has 1 heterocycles. The van der Waals surface area contributed by atoms with Crippen LogP contribution in [0.3, 0.4) is 0 Å². The molecule has 17 heavy (non-hydrogen) atoms. The summed E-state index contributed by atoms with van der Waals surface area (Å²) in [4.78, 5) is 4.46. The van der Waals surface area contributed by atoms with Gasteiger partial charge in [-0.15, -0.1) is 11.3 Å². The average Bonchev–Trinajstić information content (AvgIpc) is 2.69. The van der Waals surface area contributed by atoms with Crippen LogP contribution in [0.2, 0.25) is 0 Å². The van der Waals surface area contributed by atoms with Gasteiger partial charge in [0.25, 0.3) is 0 Å². The molecule has 0 aliphatic carbocycles. The molecule has 0 aliphatic rings. The zero-order valence-corrected chi connectivity index (χ0v) is 12.1. The summed E-state index contributed by atoms with van der Waals surface area (Å²) in [6.45, 7) is 4.30. The van der Waals surface area contributed by atoms with Crippen LogP contribution in [-0.4, -0.2) is 11.0 Å². The van der Waals surface area contributed by atoms with E-state index < -0.39 is 0 Å². The molecule has 2 N–H and O–H groups in total. The standard InChI is InChI=1S/C14H26N2S/c1-3-4-5-6-7-8-9-13(15)10-14-11-17-12(2)16-14/h11,13H,3-10,15H2,1-2H3. The summed E-state index contributed by atoms with van der Waals surface area (Å²) in [5.74, 6) is 0. The summed E-state index contributed by atoms with van der Waals surface area (Å²) < 4.78 is 0. The number of nitrogens with two attached hydrogens (primary N) is 1. The number of aryl methyl sites for hydroxylation is 1. The monoisotopic (exact) mass is 254 g/mol. The molecule has 2 nitrogen and oxygen atoms in total. The van der Waals surface area contributed by atoms with Crippen molar-refractivity contribution in [2.24, 2.45) is 5.73 Å². The molecule has 0 spiro atoms. The molecule has 1 aromatic rings. The van der Waals surface area contributed by atoms with Crippen molar-refractivity contribution in [1.29, 1.82) is 0 Å². The van der Waals surface area contributed by atoms with Crippen molar-refractivity contribution in [3.63, 3.8) is 0 Å². The average molecular weight is 254 g/mol. The molecular weight excluding hydrogens is 228 g/mol. The minimum atomic E-state index is 0.294. The predicted octanol–water partition coefficient (Wildman–Crippen LogP) is 4.07. The van der Waals surface area contributed by atoms with Crippen LogP contribution >= 0.6 is 11.3 Å². The van der Waals surface area contributed by atoms with Crippen molar-refractivity contribution in [2.45, 2.75) is 71.3 Å². The van der Waals surface area contributed by atoms with Gasteiger partial charge in [-0.05, 0) is 13.3 Å². The molecule has 3 heteroatoms. The molecule has 98 valence electrons. The minimum Gasteiger partial charge on any atom is -0.327 e. The molecule has 1 atom stereocenters. The second kappa shape index (κ2) is 8.65. The molecule has 0 amide bonds. The Morgan fingerprint density at radius 1 is 1.24 bits per heavy atom. The number of rotatable bonds is 9. The van der Waals surface area contributed by atoms with Crippen LogP contribution in [0.5, 0.6) is 0 Å². The van der Waals surface area contributed by atoms with Crippen LogP contribution in [0.25, 0.3) is 0 Å². The van der Waals surface area contributed by atoms with Gasteiger partial charge in [0.2, 0.25) is 0 Å². The van der Waals surface area contributed by atoms with E-state index in [0.29, 0.717) is 6.04 Å². The third-order valence-corrected chi connectivity index (χ3v) is 3.89. The molecular formula is C14H26N2S. The van der Waals surface area contributed by atoms with E-state index in [1.165, 1.54) is 44.2 Å². The lowest BCUT2D eigenvalue weighted by molar-refractivity contribution is 0.530. The van der Waals surface area contributed by atoms with E-state index in [0.717, 1.165) is 17.8 Å². The zero-order valence-electron chi connectivity index (χ0n) is 11.2. The van der Waals surface area contributed by atoms with Gasteiger partial charge in [-0.25, -0.2) is 4.98 Å². The van der Waals surface area contributed by atoms with Gasteiger partial charge < -0.3 is 5.73 Å². The van der Waals surface area contributed by atoms with Gasteiger partial charge in [-0.2, -0.15) is 0 Å². The van der Waals surface area contributed by atoms with Gasteiger partial charge in [0.1, 0.15) is 0 Å². The normalized spacial score (nSPS) is 12.9. The summed E-state index contributed by atoms with van der Waals surface area (Å²) >= 11 is 1.72. The summed E-state index contributed by atoms with van der Waals surface area (Å²) in [6.07, 6.45) is 10.2. The SMILES string of the molecule is CCCCCCCCC(N)Cc1csc(C)n1. The Kier molecular flexibility index (Phi) is 7.45. The fourth-order valence-electron chi connectivity index (χ4n) is 2.06. The molecule has 0 aliphatic heterocycles. The van der Waals surface area contributed by atoms with Crippen LogP contribution in [0.15, 0.2) is 5.38 Å². The smallest absolute Gasteiger partial charge is 0.0897 e. The first-order valence-electron chi connectivity index (χ1n) is 6.89. The molecule has 1 rings (SSSR count). The van der Waals surface area contributed by atoms with Gasteiger partial charge in [0.15, 0.2) is 0 Å². The fraction of sp³-hybridized carbons (Fsp3) is 0.786. The molecule has 0 saturated carbocycles. The number of unbranched alkanes of at least 4 members (excludes halogenated alkanes) is 5. The first-order chi connectivity index (χ1) is 8.22. The lowest BCUT2D eigenvalue weighted by atomic mass is 10.0. The predicted molar refractivity (Wildman–Crippen MR) is 76.5 cm³/mol. The van der Waals surface area contributed by atoms with Crippen molar-refractivity contribution in [1.82, 2.24) is 4.98 Å². The maximum absolute atomic E-state index is 6.12. The lowest BCUT2D eigenvalue weighted by Gasteiger charge is -2.09. The van der Waals surface area contributed by atoms with E-state index >= 15 is 0 Å². The number of hydrogen-bond acceptors (Lipinski definition) is 3. The van der Waals surface area contributed by atoms with E-state index in [4.69, 9.17) is 5.73 Å². The van der Waals surface area contributed by atoms with Gasteiger partial charge >= 0.3 is 0 Å². The Morgan fingerprint density at radius 2 is 1.94 bits per heavy atom. The molecule has 1 unspecified atom stereocenters. The van der Waals surface area contributed by atoms with E-state index in [1.807, 2.05) is 6.92 Å². The summed E-state index contributed by atoms with van der Waals surface area (Å²) in [5.41, 5.74) is 7.29. The Morgan fingerprint density at radius 3 is 2.59 bits per heavy atom. The van der Waals surface area contributed by atoms with Crippen LogP contribution in [0.1, 0.15) is 62.6 Å². The van der Waals surface area contributed by atoms with Crippen molar-refractivity contribution >= 4 is 11.3 Å². The quantitative estimate of drug-likeness (QED) is 0.675. The molecule has 0 radical (unpaired) electrons. The molecule has 1 aromatic heterocycles. The van der Waals surface area contributed by atoms with Crippen molar-refractivity contribution in [2.75, 3.05) is 0 Å². The number of thiazole rings is 1. The number of aromatic nitrogens is 1. The zero-order chi connectivity index (χ0) is 12.5. The Hall–Kier alpha value is -0.410. The maximum Gasteiger partial charge on any atom is 0.0897 e. The lowest BCUT2D eigenvalue weighted by Crippen LogP contribution is -2.22. The largest absolute Gasteiger partial charge is 0.327 e. The summed E-state index contributed by atoms with van der Waals surface area (Å²) in [5, 5.41) is 3.28. The topological polar surface area (TPSA) is 38.9 Å². The maximum atomic E-state index is 6.12. The van der Waals surface area contributed by atoms with E-state index in [-0.39, 0.29) is 0 Å². The van der Waals surface area contributed by atoms with Crippen LogP contribution in [-0.2, 0) is 6.42 Å². The summed E-state index contributed by atoms with van der Waals surface area (Å²) in [7, 11) is 0. The van der Waals surface area contributed by atoms with E-state index in [2.05, 4.69) is 17.3 Å². The number of hydrogen-bond donors (Lipinski definition) is 1.